The van der Waals surface area contributed by atoms with Crippen molar-refractivity contribution in [3.63, 3.8) is 0 Å². The Kier molecular flexibility index (Phi) is 4.24. The predicted molar refractivity (Wildman–Crippen MR) is 105 cm³/mol. The van der Waals surface area contributed by atoms with Crippen molar-refractivity contribution in [1.29, 1.82) is 0 Å². The Morgan fingerprint density at radius 3 is 2.24 bits per heavy atom. The van der Waals surface area contributed by atoms with Crippen LogP contribution in [0.15, 0.2) is 42.5 Å². The Morgan fingerprint density at radius 1 is 0.880 bits per heavy atom. The fraction of sp³-hybridized carbons (Fsp3) is 0.304. The Balaban J connectivity index is 2.11. The van der Waals surface area contributed by atoms with Gasteiger partial charge in [0, 0.05) is 5.39 Å². The molecule has 3 aromatic rings. The molecule has 0 aliphatic rings. The van der Waals surface area contributed by atoms with Gasteiger partial charge in [0.25, 0.3) is 0 Å². The van der Waals surface area contributed by atoms with E-state index in [1.54, 1.807) is 0 Å². The Morgan fingerprint density at radius 2 is 1.56 bits per heavy atom. The van der Waals surface area contributed by atoms with Crippen molar-refractivity contribution >= 4 is 10.8 Å². The summed E-state index contributed by atoms with van der Waals surface area (Å²) in [5, 5.41) is 22.9. The van der Waals surface area contributed by atoms with Crippen LogP contribution >= 0.6 is 0 Å². The Hall–Kier alpha value is -2.48. The molecule has 2 N–H and O–H groups in total. The lowest BCUT2D eigenvalue weighted by molar-refractivity contribution is 0.442. The van der Waals surface area contributed by atoms with Gasteiger partial charge >= 0.3 is 0 Å². The van der Waals surface area contributed by atoms with Gasteiger partial charge < -0.3 is 10.2 Å². The van der Waals surface area contributed by atoms with Gasteiger partial charge in [-0.15, -0.1) is 0 Å². The second-order valence-electron chi connectivity index (χ2n) is 7.97. The van der Waals surface area contributed by atoms with Gasteiger partial charge in [-0.25, -0.2) is 0 Å². The molecule has 0 fully saturated rings. The molecule has 130 valence electrons. The van der Waals surface area contributed by atoms with Crippen LogP contribution in [0.1, 0.15) is 48.6 Å². The fourth-order valence-electron chi connectivity index (χ4n) is 3.42. The first-order valence-corrected chi connectivity index (χ1v) is 8.71. The van der Waals surface area contributed by atoms with Crippen LogP contribution in [-0.2, 0) is 11.8 Å². The third-order valence-electron chi connectivity index (χ3n) is 4.95. The average molecular weight is 334 g/mol. The topological polar surface area (TPSA) is 40.5 Å². The van der Waals surface area contributed by atoms with Crippen molar-refractivity contribution in [2.45, 2.75) is 46.5 Å². The number of aryl methyl sites for hydroxylation is 1. The van der Waals surface area contributed by atoms with Crippen molar-refractivity contribution in [2.24, 2.45) is 0 Å². The fourth-order valence-corrected chi connectivity index (χ4v) is 3.42. The van der Waals surface area contributed by atoms with E-state index in [9.17, 15) is 10.2 Å². The van der Waals surface area contributed by atoms with Gasteiger partial charge in [-0.2, -0.15) is 0 Å². The van der Waals surface area contributed by atoms with E-state index < -0.39 is 0 Å². The minimum atomic E-state index is -0.120. The Bertz CT molecular complexity index is 946. The summed E-state index contributed by atoms with van der Waals surface area (Å²) in [5.74, 6) is 0.744. The number of fused-ring (bicyclic) bond motifs is 1. The molecule has 2 heteroatoms. The molecule has 0 amide bonds. The standard InChI is InChI=1S/C23H26O2/c1-14-10-16(12-20(21(14)24)23(3,4)5)11-18-13-17-8-6-7-9-19(17)22(25)15(18)2/h6-10,12-13,24-25H,11H2,1-5H3. The van der Waals surface area contributed by atoms with Crippen LogP contribution in [0.25, 0.3) is 10.8 Å². The number of hydrogen-bond donors (Lipinski definition) is 2. The molecule has 0 aromatic heterocycles. The van der Waals surface area contributed by atoms with E-state index in [2.05, 4.69) is 32.9 Å². The normalized spacial score (nSPS) is 11.9. The molecule has 3 rings (SSSR count). The van der Waals surface area contributed by atoms with Gasteiger partial charge in [0.15, 0.2) is 0 Å². The van der Waals surface area contributed by atoms with Crippen LogP contribution in [0.2, 0.25) is 0 Å². The van der Waals surface area contributed by atoms with Crippen LogP contribution < -0.4 is 0 Å². The maximum absolute atomic E-state index is 10.6. The number of benzene rings is 3. The summed E-state index contributed by atoms with van der Waals surface area (Å²) in [6, 6.07) is 14.2. The van der Waals surface area contributed by atoms with Crippen LogP contribution in [0.5, 0.6) is 11.5 Å². The number of aromatic hydroxyl groups is 2. The lowest BCUT2D eigenvalue weighted by Gasteiger charge is -2.23. The maximum atomic E-state index is 10.6. The third-order valence-corrected chi connectivity index (χ3v) is 4.95. The number of hydrogen-bond acceptors (Lipinski definition) is 2. The SMILES string of the molecule is Cc1cc(Cc2cc3ccccc3c(O)c2C)cc(C(C)(C)C)c1O. The molecule has 0 unspecified atom stereocenters. The highest BCUT2D eigenvalue weighted by Gasteiger charge is 2.20. The van der Waals surface area contributed by atoms with E-state index in [4.69, 9.17) is 0 Å². The van der Waals surface area contributed by atoms with Gasteiger partial charge in [-0.1, -0.05) is 63.2 Å². The second kappa shape index (κ2) is 6.11. The van der Waals surface area contributed by atoms with Crippen molar-refractivity contribution in [1.82, 2.24) is 0 Å². The van der Waals surface area contributed by atoms with Gasteiger partial charge in [-0.3, -0.25) is 0 Å². The van der Waals surface area contributed by atoms with Crippen molar-refractivity contribution in [2.75, 3.05) is 0 Å². The van der Waals surface area contributed by atoms with Gasteiger partial charge in [0.05, 0.1) is 0 Å². The summed E-state index contributed by atoms with van der Waals surface area (Å²) in [6.45, 7) is 10.2. The lowest BCUT2D eigenvalue weighted by Crippen LogP contribution is -2.12. The molecule has 25 heavy (non-hydrogen) atoms. The minimum absolute atomic E-state index is 0.120. The van der Waals surface area contributed by atoms with Crippen LogP contribution in [0, 0.1) is 13.8 Å². The zero-order chi connectivity index (χ0) is 18.4. The summed E-state index contributed by atoms with van der Waals surface area (Å²) in [7, 11) is 0. The summed E-state index contributed by atoms with van der Waals surface area (Å²) in [6.07, 6.45) is 0.731. The second-order valence-corrected chi connectivity index (χ2v) is 7.97. The minimum Gasteiger partial charge on any atom is -0.507 e. The van der Waals surface area contributed by atoms with Crippen LogP contribution in [0.4, 0.5) is 0 Å². The molecular weight excluding hydrogens is 308 g/mol. The molecule has 0 aliphatic heterocycles. The van der Waals surface area contributed by atoms with Gasteiger partial charge in [0.2, 0.25) is 0 Å². The molecule has 3 aromatic carbocycles. The first kappa shape index (κ1) is 17.3. The van der Waals surface area contributed by atoms with Crippen molar-refractivity contribution < 1.29 is 10.2 Å². The van der Waals surface area contributed by atoms with E-state index in [-0.39, 0.29) is 5.41 Å². The molecule has 0 atom stereocenters. The number of rotatable bonds is 2. The summed E-state index contributed by atoms with van der Waals surface area (Å²) < 4.78 is 0. The number of phenolic OH excluding ortho intramolecular Hbond substituents is 2. The van der Waals surface area contributed by atoms with Crippen LogP contribution in [0.3, 0.4) is 0 Å². The molecule has 0 heterocycles. The maximum Gasteiger partial charge on any atom is 0.126 e. The van der Waals surface area contributed by atoms with E-state index in [1.807, 2.05) is 44.2 Å². The molecule has 0 saturated heterocycles. The molecular formula is C23H26O2. The van der Waals surface area contributed by atoms with E-state index in [1.165, 1.54) is 0 Å². The highest BCUT2D eigenvalue weighted by molar-refractivity contribution is 5.90. The molecule has 0 radical (unpaired) electrons. The third kappa shape index (κ3) is 3.21. The molecule has 0 spiro atoms. The smallest absolute Gasteiger partial charge is 0.126 e. The quantitative estimate of drug-likeness (QED) is 0.626. The van der Waals surface area contributed by atoms with E-state index >= 15 is 0 Å². The number of phenols is 2. The van der Waals surface area contributed by atoms with Gasteiger partial charge in [0.1, 0.15) is 11.5 Å². The van der Waals surface area contributed by atoms with E-state index in [0.29, 0.717) is 11.5 Å². The molecule has 0 aliphatic carbocycles. The largest absolute Gasteiger partial charge is 0.507 e. The highest BCUT2D eigenvalue weighted by atomic mass is 16.3. The van der Waals surface area contributed by atoms with E-state index in [0.717, 1.165) is 45.0 Å². The summed E-state index contributed by atoms with van der Waals surface area (Å²) in [4.78, 5) is 0. The zero-order valence-electron chi connectivity index (χ0n) is 15.6. The van der Waals surface area contributed by atoms with Crippen LogP contribution in [-0.4, -0.2) is 10.2 Å². The monoisotopic (exact) mass is 334 g/mol. The van der Waals surface area contributed by atoms with Gasteiger partial charge in [-0.05, 0) is 58.9 Å². The first-order valence-electron chi connectivity index (χ1n) is 8.71. The molecule has 2 nitrogen and oxygen atoms in total. The highest BCUT2D eigenvalue weighted by Crippen LogP contribution is 2.36. The molecule has 0 bridgehead atoms. The summed E-state index contributed by atoms with van der Waals surface area (Å²) in [5.41, 5.74) is 4.92. The lowest BCUT2D eigenvalue weighted by atomic mass is 9.83. The van der Waals surface area contributed by atoms with Crippen molar-refractivity contribution in [3.05, 3.63) is 70.3 Å². The predicted octanol–water partition coefficient (Wildman–Crippen LogP) is 5.76. The Labute approximate surface area is 149 Å². The first-order chi connectivity index (χ1) is 11.7. The molecule has 0 saturated carbocycles. The van der Waals surface area contributed by atoms with Crippen molar-refractivity contribution in [3.8, 4) is 11.5 Å². The average Bonchev–Trinajstić information content (AvgIpc) is 2.54. The summed E-state index contributed by atoms with van der Waals surface area (Å²) >= 11 is 0. The zero-order valence-corrected chi connectivity index (χ0v) is 15.6.